The highest BCUT2D eigenvalue weighted by atomic mass is 127. The number of benzene rings is 1. The molecule has 1 aromatic rings. The molecule has 1 fully saturated rings. The molecule has 1 saturated carbocycles. The van der Waals surface area contributed by atoms with E-state index in [1.54, 1.807) is 0 Å². The predicted molar refractivity (Wildman–Crippen MR) is 79.7 cm³/mol. The lowest BCUT2D eigenvalue weighted by Crippen LogP contribution is -2.28. The molecule has 0 radical (unpaired) electrons. The smallest absolute Gasteiger partial charge is 0.251 e. The maximum atomic E-state index is 11.8. The highest BCUT2D eigenvalue weighted by Crippen LogP contribution is 2.20. The first-order valence-electron chi connectivity index (χ1n) is 6.41. The Bertz CT molecular complexity index is 403. The van der Waals surface area contributed by atoms with Crippen molar-refractivity contribution in [2.24, 2.45) is 0 Å². The molecule has 18 heavy (non-hydrogen) atoms. The van der Waals surface area contributed by atoms with E-state index in [0.717, 1.165) is 3.57 Å². The topological polar surface area (TPSA) is 38.3 Å². The summed E-state index contributed by atoms with van der Waals surface area (Å²) in [5, 5.41) is 2.88. The van der Waals surface area contributed by atoms with E-state index in [1.807, 2.05) is 24.3 Å². The number of hydrogen-bond donors (Lipinski definition) is 1. The van der Waals surface area contributed by atoms with Crippen LogP contribution in [0.3, 0.4) is 0 Å². The maximum absolute atomic E-state index is 11.8. The summed E-state index contributed by atoms with van der Waals surface area (Å²) in [6, 6.07) is 7.58. The minimum atomic E-state index is -0.0245. The summed E-state index contributed by atoms with van der Waals surface area (Å²) in [5.74, 6) is -0.0245. The van der Waals surface area contributed by atoms with Gasteiger partial charge in [-0.1, -0.05) is 18.9 Å². The second-order valence-electron chi connectivity index (χ2n) is 4.54. The Morgan fingerprint density at radius 2 is 2.17 bits per heavy atom. The van der Waals surface area contributed by atoms with Crippen LogP contribution in [0.15, 0.2) is 24.3 Å². The zero-order valence-corrected chi connectivity index (χ0v) is 12.5. The van der Waals surface area contributed by atoms with Crippen LogP contribution in [0.2, 0.25) is 0 Å². The summed E-state index contributed by atoms with van der Waals surface area (Å²) in [6.45, 7) is 1.20. The van der Waals surface area contributed by atoms with Crippen LogP contribution in [0.25, 0.3) is 0 Å². The third-order valence-electron chi connectivity index (χ3n) is 3.13. The largest absolute Gasteiger partial charge is 0.376 e. The van der Waals surface area contributed by atoms with Crippen LogP contribution >= 0.6 is 22.6 Å². The summed E-state index contributed by atoms with van der Waals surface area (Å²) in [5.41, 5.74) is 0.711. The molecule has 4 heteroatoms. The number of rotatable bonds is 5. The second kappa shape index (κ2) is 7.09. The van der Waals surface area contributed by atoms with Crippen LogP contribution in [-0.2, 0) is 4.74 Å². The van der Waals surface area contributed by atoms with Crippen molar-refractivity contribution in [3.05, 3.63) is 33.4 Å². The molecular weight excluding hydrogens is 341 g/mol. The molecule has 0 saturated heterocycles. The molecule has 0 aromatic heterocycles. The molecule has 1 aliphatic carbocycles. The Hall–Kier alpha value is -0.620. The van der Waals surface area contributed by atoms with Crippen LogP contribution in [-0.4, -0.2) is 25.2 Å². The summed E-state index contributed by atoms with van der Waals surface area (Å²) in [4.78, 5) is 11.8. The van der Waals surface area contributed by atoms with Crippen LogP contribution in [0.4, 0.5) is 0 Å². The molecule has 1 N–H and O–H groups in total. The highest BCUT2D eigenvalue weighted by molar-refractivity contribution is 14.1. The SMILES string of the molecule is O=C(NCCOC1CCCC1)c1cccc(I)c1. The Balaban J connectivity index is 1.68. The van der Waals surface area contributed by atoms with Gasteiger partial charge in [0.15, 0.2) is 0 Å². The van der Waals surface area contributed by atoms with Crippen molar-refractivity contribution >= 4 is 28.5 Å². The van der Waals surface area contributed by atoms with Gasteiger partial charge in [-0.15, -0.1) is 0 Å². The molecule has 1 amide bonds. The van der Waals surface area contributed by atoms with Gasteiger partial charge in [-0.25, -0.2) is 0 Å². The number of hydrogen-bond acceptors (Lipinski definition) is 2. The van der Waals surface area contributed by atoms with Gasteiger partial charge >= 0.3 is 0 Å². The first kappa shape index (κ1) is 13.8. The van der Waals surface area contributed by atoms with Gasteiger partial charge in [0.25, 0.3) is 5.91 Å². The van der Waals surface area contributed by atoms with Crippen molar-refractivity contribution < 1.29 is 9.53 Å². The van der Waals surface area contributed by atoms with Crippen molar-refractivity contribution in [1.82, 2.24) is 5.32 Å². The molecule has 3 nitrogen and oxygen atoms in total. The van der Waals surface area contributed by atoms with Crippen LogP contribution < -0.4 is 5.32 Å². The molecule has 0 heterocycles. The Kier molecular flexibility index (Phi) is 5.44. The van der Waals surface area contributed by atoms with Crippen molar-refractivity contribution in [1.29, 1.82) is 0 Å². The molecule has 0 atom stereocenters. The second-order valence-corrected chi connectivity index (χ2v) is 5.79. The van der Waals surface area contributed by atoms with E-state index in [1.165, 1.54) is 25.7 Å². The van der Waals surface area contributed by atoms with E-state index in [2.05, 4.69) is 27.9 Å². The van der Waals surface area contributed by atoms with Gasteiger partial charge in [-0.3, -0.25) is 4.79 Å². The van der Waals surface area contributed by atoms with E-state index in [9.17, 15) is 4.79 Å². The van der Waals surface area contributed by atoms with Gasteiger partial charge in [-0.2, -0.15) is 0 Å². The number of ether oxygens (including phenoxy) is 1. The third kappa shape index (κ3) is 4.24. The standard InChI is InChI=1S/C14H18INO2/c15-12-5-3-4-11(10-12)14(17)16-8-9-18-13-6-1-2-7-13/h3-5,10,13H,1-2,6-9H2,(H,16,17). The Morgan fingerprint density at radius 1 is 1.39 bits per heavy atom. The molecule has 98 valence electrons. The average Bonchev–Trinajstić information content (AvgIpc) is 2.87. The van der Waals surface area contributed by atoms with Gasteiger partial charge in [0.1, 0.15) is 0 Å². The minimum Gasteiger partial charge on any atom is -0.376 e. The summed E-state index contributed by atoms with van der Waals surface area (Å²) >= 11 is 2.20. The lowest BCUT2D eigenvalue weighted by atomic mass is 10.2. The maximum Gasteiger partial charge on any atom is 0.251 e. The van der Waals surface area contributed by atoms with Gasteiger partial charge in [0, 0.05) is 15.7 Å². The van der Waals surface area contributed by atoms with Crippen LogP contribution in [0.1, 0.15) is 36.0 Å². The molecule has 1 aromatic carbocycles. The highest BCUT2D eigenvalue weighted by Gasteiger charge is 2.14. The van der Waals surface area contributed by atoms with E-state index in [4.69, 9.17) is 4.74 Å². The summed E-state index contributed by atoms with van der Waals surface area (Å²) in [7, 11) is 0. The fourth-order valence-electron chi connectivity index (χ4n) is 2.18. The van der Waals surface area contributed by atoms with Crippen molar-refractivity contribution in [2.45, 2.75) is 31.8 Å². The summed E-state index contributed by atoms with van der Waals surface area (Å²) < 4.78 is 6.77. The normalized spacial score (nSPS) is 15.8. The first-order valence-corrected chi connectivity index (χ1v) is 7.49. The zero-order chi connectivity index (χ0) is 12.8. The van der Waals surface area contributed by atoms with Crippen LogP contribution in [0.5, 0.6) is 0 Å². The quantitative estimate of drug-likeness (QED) is 0.649. The Morgan fingerprint density at radius 3 is 2.89 bits per heavy atom. The van der Waals surface area contributed by atoms with Gasteiger partial charge in [0.2, 0.25) is 0 Å². The first-order chi connectivity index (χ1) is 8.75. The zero-order valence-electron chi connectivity index (χ0n) is 10.3. The fraction of sp³-hybridized carbons (Fsp3) is 0.500. The number of carbonyl (C=O) groups is 1. The number of carbonyl (C=O) groups excluding carboxylic acids is 1. The van der Waals surface area contributed by atoms with Gasteiger partial charge in [-0.05, 0) is 53.6 Å². The van der Waals surface area contributed by atoms with Crippen molar-refractivity contribution in [3.8, 4) is 0 Å². The average molecular weight is 359 g/mol. The van der Waals surface area contributed by atoms with E-state index in [0.29, 0.717) is 24.8 Å². The van der Waals surface area contributed by atoms with E-state index in [-0.39, 0.29) is 5.91 Å². The van der Waals surface area contributed by atoms with Gasteiger partial charge in [0.05, 0.1) is 12.7 Å². The summed E-state index contributed by atoms with van der Waals surface area (Å²) in [6.07, 6.45) is 5.31. The number of nitrogens with one attached hydrogen (secondary N) is 1. The third-order valence-corrected chi connectivity index (χ3v) is 3.80. The van der Waals surface area contributed by atoms with E-state index >= 15 is 0 Å². The lowest BCUT2D eigenvalue weighted by Gasteiger charge is -2.11. The minimum absolute atomic E-state index is 0.0245. The Labute approximate surface area is 121 Å². The molecular formula is C14H18INO2. The molecule has 0 aliphatic heterocycles. The van der Waals surface area contributed by atoms with Crippen molar-refractivity contribution in [2.75, 3.05) is 13.2 Å². The van der Waals surface area contributed by atoms with Crippen LogP contribution in [0, 0.1) is 3.57 Å². The monoisotopic (exact) mass is 359 g/mol. The van der Waals surface area contributed by atoms with E-state index < -0.39 is 0 Å². The van der Waals surface area contributed by atoms with Gasteiger partial charge < -0.3 is 10.1 Å². The molecule has 2 rings (SSSR count). The molecule has 1 aliphatic rings. The molecule has 0 unspecified atom stereocenters. The number of halogens is 1. The van der Waals surface area contributed by atoms with Crippen molar-refractivity contribution in [3.63, 3.8) is 0 Å². The molecule has 0 bridgehead atoms. The fourth-order valence-corrected chi connectivity index (χ4v) is 2.72. The predicted octanol–water partition coefficient (Wildman–Crippen LogP) is 2.98. The lowest BCUT2D eigenvalue weighted by molar-refractivity contribution is 0.0582. The molecule has 0 spiro atoms. The number of amides is 1.